The Morgan fingerprint density at radius 3 is 2.50 bits per heavy atom. The summed E-state index contributed by atoms with van der Waals surface area (Å²) >= 11 is 0. The van der Waals surface area contributed by atoms with Gasteiger partial charge in [-0.15, -0.1) is 0 Å². The first kappa shape index (κ1) is 22.3. The van der Waals surface area contributed by atoms with Crippen molar-refractivity contribution in [1.82, 2.24) is 0 Å². The van der Waals surface area contributed by atoms with Gasteiger partial charge in [0.25, 0.3) is 0 Å². The molecule has 2 aromatic carbocycles. The Hall–Kier alpha value is -2.38. The van der Waals surface area contributed by atoms with E-state index in [9.17, 15) is 9.18 Å². The van der Waals surface area contributed by atoms with Gasteiger partial charge >= 0.3 is 6.09 Å². The maximum Gasteiger partial charge on any atom is 0.414 e. The Labute approximate surface area is 179 Å². The molecule has 1 unspecified atom stereocenters. The molecule has 2 atom stereocenters. The third-order valence-electron chi connectivity index (χ3n) is 4.91. The molecule has 1 heterocycles. The van der Waals surface area contributed by atoms with Crippen LogP contribution in [0.2, 0.25) is 13.1 Å². The highest BCUT2D eigenvalue weighted by atomic mass is 28.3. The molecule has 3 rings (SSSR count). The average Bonchev–Trinajstić information content (AvgIpc) is 3.06. The molecule has 1 aliphatic rings. The van der Waals surface area contributed by atoms with Crippen LogP contribution < -0.4 is 9.64 Å². The summed E-state index contributed by atoms with van der Waals surface area (Å²) in [7, 11) is -1.33. The fourth-order valence-corrected chi connectivity index (χ4v) is 4.68. The number of benzene rings is 2. The fraction of sp³-hybridized carbons (Fsp3) is 0.435. The van der Waals surface area contributed by atoms with Gasteiger partial charge in [-0.3, -0.25) is 4.90 Å². The molecule has 1 fully saturated rings. The molecule has 5 nitrogen and oxygen atoms in total. The quantitative estimate of drug-likeness (QED) is 0.569. The number of hydrogen-bond acceptors (Lipinski definition) is 4. The van der Waals surface area contributed by atoms with Crippen LogP contribution in [0.3, 0.4) is 0 Å². The summed E-state index contributed by atoms with van der Waals surface area (Å²) in [6, 6.07) is 14.1. The van der Waals surface area contributed by atoms with E-state index in [1.165, 1.54) is 11.0 Å². The second kappa shape index (κ2) is 9.18. The highest BCUT2D eigenvalue weighted by Gasteiger charge is 2.43. The van der Waals surface area contributed by atoms with Crippen LogP contribution in [-0.4, -0.2) is 33.9 Å². The Bertz CT molecular complexity index is 869. The van der Waals surface area contributed by atoms with Gasteiger partial charge in [-0.2, -0.15) is 0 Å². The van der Waals surface area contributed by atoms with Crippen molar-refractivity contribution >= 4 is 20.8 Å². The van der Waals surface area contributed by atoms with Gasteiger partial charge < -0.3 is 13.9 Å². The molecular weight excluding hydrogens is 401 g/mol. The van der Waals surface area contributed by atoms with E-state index in [-0.39, 0.29) is 23.9 Å². The summed E-state index contributed by atoms with van der Waals surface area (Å²) in [6.07, 6.45) is -1.10. The molecule has 0 N–H and O–H groups in total. The van der Waals surface area contributed by atoms with Crippen molar-refractivity contribution < 1.29 is 23.1 Å². The standard InChI is InChI=1S/C23H30FNO4Si/c1-23(2,3)21(29-30(4)5)20-14-25(22(26)28-20)17-11-12-19(18(24)13-17)27-15-16-9-7-6-8-10-16/h6-13,20-21,30H,14-15H2,1-5H3/t20-,21?/m1/s1. The summed E-state index contributed by atoms with van der Waals surface area (Å²) < 4.78 is 32.0. The fourth-order valence-electron chi connectivity index (χ4n) is 3.51. The van der Waals surface area contributed by atoms with E-state index in [0.717, 1.165) is 5.56 Å². The van der Waals surface area contributed by atoms with Crippen LogP contribution in [0.25, 0.3) is 0 Å². The van der Waals surface area contributed by atoms with E-state index in [1.54, 1.807) is 12.1 Å². The topological polar surface area (TPSA) is 48.0 Å². The number of carbonyl (C=O) groups excluding carboxylic acids is 1. The van der Waals surface area contributed by atoms with Crippen molar-refractivity contribution in [2.45, 2.75) is 52.7 Å². The number of halogens is 1. The summed E-state index contributed by atoms with van der Waals surface area (Å²) in [4.78, 5) is 14.0. The van der Waals surface area contributed by atoms with Crippen LogP contribution in [0.4, 0.5) is 14.9 Å². The first-order valence-corrected chi connectivity index (χ1v) is 13.0. The normalized spacial score (nSPS) is 17.9. The number of cyclic esters (lactones) is 1. The molecule has 162 valence electrons. The molecule has 0 bridgehead atoms. The number of rotatable bonds is 7. The molecule has 1 saturated heterocycles. The van der Waals surface area contributed by atoms with Crippen LogP contribution in [0.1, 0.15) is 26.3 Å². The smallest absolute Gasteiger partial charge is 0.414 e. The number of hydrogen-bond donors (Lipinski definition) is 0. The van der Waals surface area contributed by atoms with Crippen molar-refractivity contribution in [2.75, 3.05) is 11.4 Å². The predicted molar refractivity (Wildman–Crippen MR) is 118 cm³/mol. The summed E-state index contributed by atoms with van der Waals surface area (Å²) in [6.45, 7) is 11.0. The second-order valence-electron chi connectivity index (χ2n) is 8.89. The molecule has 7 heteroatoms. The van der Waals surface area contributed by atoms with Crippen LogP contribution in [0.15, 0.2) is 48.5 Å². The largest absolute Gasteiger partial charge is 0.486 e. The third kappa shape index (κ3) is 5.40. The maximum absolute atomic E-state index is 14.6. The van der Waals surface area contributed by atoms with Crippen LogP contribution in [0, 0.1) is 11.2 Å². The zero-order valence-corrected chi connectivity index (χ0v) is 19.4. The van der Waals surface area contributed by atoms with Crippen molar-refractivity contribution in [3.8, 4) is 5.75 Å². The average molecular weight is 432 g/mol. The van der Waals surface area contributed by atoms with Crippen molar-refractivity contribution in [3.05, 3.63) is 59.9 Å². The van der Waals surface area contributed by atoms with Crippen LogP contribution in [0.5, 0.6) is 5.75 Å². The third-order valence-corrected chi connectivity index (χ3v) is 5.75. The van der Waals surface area contributed by atoms with Gasteiger partial charge in [0.15, 0.2) is 20.6 Å². The molecule has 1 aliphatic heterocycles. The number of carbonyl (C=O) groups is 1. The highest BCUT2D eigenvalue weighted by molar-refractivity contribution is 6.48. The monoisotopic (exact) mass is 431 g/mol. The lowest BCUT2D eigenvalue weighted by Crippen LogP contribution is -2.44. The lowest BCUT2D eigenvalue weighted by molar-refractivity contribution is -0.0143. The molecule has 0 spiro atoms. The molecular formula is C23H30FNO4Si. The van der Waals surface area contributed by atoms with Crippen molar-refractivity contribution in [1.29, 1.82) is 0 Å². The minimum atomic E-state index is -1.33. The van der Waals surface area contributed by atoms with Gasteiger partial charge in [-0.25, -0.2) is 9.18 Å². The molecule has 30 heavy (non-hydrogen) atoms. The summed E-state index contributed by atoms with van der Waals surface area (Å²) in [5, 5.41) is 0. The molecule has 0 radical (unpaired) electrons. The first-order chi connectivity index (χ1) is 14.1. The Kier molecular flexibility index (Phi) is 6.83. The summed E-state index contributed by atoms with van der Waals surface area (Å²) in [5.41, 5.74) is 1.22. The maximum atomic E-state index is 14.6. The molecule has 2 aromatic rings. The zero-order chi connectivity index (χ0) is 21.9. The Morgan fingerprint density at radius 2 is 1.90 bits per heavy atom. The van der Waals surface area contributed by atoms with E-state index in [2.05, 4.69) is 33.9 Å². The SMILES string of the molecule is C[SiH](C)OC([C@H]1CN(c2ccc(OCc3ccccc3)c(F)c2)C(=O)O1)C(C)(C)C. The Balaban J connectivity index is 1.71. The minimum Gasteiger partial charge on any atom is -0.486 e. The zero-order valence-electron chi connectivity index (χ0n) is 18.2. The van der Waals surface area contributed by atoms with E-state index < -0.39 is 27.1 Å². The van der Waals surface area contributed by atoms with E-state index in [1.807, 2.05) is 30.3 Å². The number of nitrogens with zero attached hydrogens (tertiary/aromatic N) is 1. The van der Waals surface area contributed by atoms with Gasteiger partial charge in [0.1, 0.15) is 12.7 Å². The predicted octanol–water partition coefficient (Wildman–Crippen LogP) is 5.14. The molecule has 0 aromatic heterocycles. The lowest BCUT2D eigenvalue weighted by Gasteiger charge is -2.35. The van der Waals surface area contributed by atoms with E-state index in [4.69, 9.17) is 13.9 Å². The van der Waals surface area contributed by atoms with Gasteiger partial charge in [0.2, 0.25) is 0 Å². The van der Waals surface area contributed by atoms with E-state index >= 15 is 0 Å². The molecule has 0 aliphatic carbocycles. The van der Waals surface area contributed by atoms with Gasteiger partial charge in [-0.1, -0.05) is 51.1 Å². The number of amides is 1. The number of anilines is 1. The Morgan fingerprint density at radius 1 is 1.20 bits per heavy atom. The van der Waals surface area contributed by atoms with Gasteiger partial charge in [-0.05, 0) is 36.2 Å². The van der Waals surface area contributed by atoms with Crippen LogP contribution in [-0.2, 0) is 15.8 Å². The van der Waals surface area contributed by atoms with E-state index in [0.29, 0.717) is 12.2 Å². The second-order valence-corrected chi connectivity index (χ2v) is 11.3. The van der Waals surface area contributed by atoms with Crippen molar-refractivity contribution in [2.24, 2.45) is 5.41 Å². The lowest BCUT2D eigenvalue weighted by atomic mass is 9.86. The highest BCUT2D eigenvalue weighted by Crippen LogP contribution is 2.33. The van der Waals surface area contributed by atoms with Crippen LogP contribution >= 0.6 is 0 Å². The summed E-state index contributed by atoms with van der Waals surface area (Å²) in [5.74, 6) is -0.369. The number of ether oxygens (including phenoxy) is 2. The van der Waals surface area contributed by atoms with Gasteiger partial charge in [0.05, 0.1) is 18.3 Å². The first-order valence-electron chi connectivity index (χ1n) is 10.2. The van der Waals surface area contributed by atoms with Crippen molar-refractivity contribution in [3.63, 3.8) is 0 Å². The van der Waals surface area contributed by atoms with Gasteiger partial charge in [0, 0.05) is 6.07 Å². The molecule has 0 saturated carbocycles. The molecule has 1 amide bonds. The minimum absolute atomic E-state index is 0.147.